The molecule has 2 rings (SSSR count). The molecule has 2 aromatic rings. The van der Waals surface area contributed by atoms with Gasteiger partial charge in [-0.25, -0.2) is 0 Å². The Morgan fingerprint density at radius 2 is 1.03 bits per heavy atom. The normalized spacial score (nSPS) is 11.6. The Hall–Kier alpha value is -3.28. The maximum Gasteiger partial charge on any atom is 0.316 e. The Bertz CT molecular complexity index is 1060. The Kier molecular flexibility index (Phi) is 13.1. The van der Waals surface area contributed by atoms with Gasteiger partial charge < -0.3 is 9.47 Å². The first-order chi connectivity index (χ1) is 18.5. The molecule has 0 aliphatic rings. The number of carbonyl (C=O) groups is 4. The molecule has 0 N–H and O–H groups in total. The predicted octanol–water partition coefficient (Wildman–Crippen LogP) is 7.68. The number of ketones is 2. The summed E-state index contributed by atoms with van der Waals surface area (Å²) in [7, 11) is 0. The van der Waals surface area contributed by atoms with Crippen molar-refractivity contribution in [3.05, 3.63) is 60.7 Å². The molecule has 0 fully saturated rings. The lowest BCUT2D eigenvalue weighted by molar-refractivity contribution is -0.144. The Morgan fingerprint density at radius 3 is 1.56 bits per heavy atom. The molecule has 0 heterocycles. The van der Waals surface area contributed by atoms with Gasteiger partial charge >= 0.3 is 11.9 Å². The van der Waals surface area contributed by atoms with Gasteiger partial charge in [-0.15, -0.1) is 0 Å². The van der Waals surface area contributed by atoms with Crippen LogP contribution in [-0.2, 0) is 19.2 Å². The minimum atomic E-state index is -0.679. The van der Waals surface area contributed by atoms with Crippen LogP contribution < -0.4 is 9.47 Å². The molecular weight excluding hydrogens is 492 g/mol. The average molecular weight is 537 g/mol. The van der Waals surface area contributed by atoms with Crippen molar-refractivity contribution in [1.82, 2.24) is 0 Å². The standard InChI is InChI=1S/C33H44O6/c1-32(2,25-22-30(36)38-28-18-7-5-8-19-28)23-12-16-26(34)14-11-15-27(35)17-13-24-33(3,4)31(37)39-29-20-9-6-10-21-29/h5-10,18-21H,11-17,22-25H2,1-4H3. The number of Topliss-reactive ketones (excluding diaryl/α,β-unsaturated/α-hetero) is 2. The summed E-state index contributed by atoms with van der Waals surface area (Å²) in [5.74, 6) is 0.818. The smallest absolute Gasteiger partial charge is 0.316 e. The SMILES string of the molecule is CC(C)(CCCC(=O)CCCC(=O)CCCC(C)(C)C(=O)Oc1ccccc1)CCC(=O)Oc1ccccc1. The predicted molar refractivity (Wildman–Crippen MR) is 153 cm³/mol. The molecule has 6 heteroatoms. The number of benzene rings is 2. The van der Waals surface area contributed by atoms with Crippen LogP contribution in [0.15, 0.2) is 60.7 Å². The van der Waals surface area contributed by atoms with E-state index in [1.165, 1.54) is 0 Å². The van der Waals surface area contributed by atoms with Crippen LogP contribution >= 0.6 is 0 Å². The highest BCUT2D eigenvalue weighted by Gasteiger charge is 2.29. The zero-order valence-corrected chi connectivity index (χ0v) is 24.0. The molecule has 0 aliphatic carbocycles. The maximum absolute atomic E-state index is 12.5. The quantitative estimate of drug-likeness (QED) is 0.143. The topological polar surface area (TPSA) is 86.7 Å². The van der Waals surface area contributed by atoms with Crippen molar-refractivity contribution in [3.8, 4) is 11.5 Å². The van der Waals surface area contributed by atoms with Crippen molar-refractivity contribution in [2.75, 3.05) is 0 Å². The van der Waals surface area contributed by atoms with Gasteiger partial charge in [0.15, 0.2) is 0 Å². The molecule has 0 atom stereocenters. The number of carbonyl (C=O) groups excluding carboxylic acids is 4. The minimum absolute atomic E-state index is 0.0623. The van der Waals surface area contributed by atoms with Crippen molar-refractivity contribution >= 4 is 23.5 Å². The molecule has 0 radical (unpaired) electrons. The third-order valence-electron chi connectivity index (χ3n) is 6.96. The van der Waals surface area contributed by atoms with E-state index in [1.807, 2.05) is 50.2 Å². The van der Waals surface area contributed by atoms with Gasteiger partial charge in [0.25, 0.3) is 0 Å². The summed E-state index contributed by atoms with van der Waals surface area (Å²) in [6.07, 6.45) is 6.06. The highest BCUT2D eigenvalue weighted by molar-refractivity contribution is 5.81. The Balaban J connectivity index is 1.55. The van der Waals surface area contributed by atoms with Gasteiger partial charge in [-0.1, -0.05) is 50.2 Å². The van der Waals surface area contributed by atoms with Crippen molar-refractivity contribution in [1.29, 1.82) is 0 Å². The summed E-state index contributed by atoms with van der Waals surface area (Å²) < 4.78 is 10.8. The van der Waals surface area contributed by atoms with Crippen molar-refractivity contribution in [2.24, 2.45) is 10.8 Å². The first kappa shape index (κ1) is 31.9. The second-order valence-corrected chi connectivity index (χ2v) is 11.7. The first-order valence-corrected chi connectivity index (χ1v) is 14.0. The van der Waals surface area contributed by atoms with Gasteiger partial charge in [0, 0.05) is 32.1 Å². The summed E-state index contributed by atoms with van der Waals surface area (Å²) in [6, 6.07) is 18.0. The largest absolute Gasteiger partial charge is 0.427 e. The van der Waals surface area contributed by atoms with Gasteiger partial charge in [-0.2, -0.15) is 0 Å². The minimum Gasteiger partial charge on any atom is -0.427 e. The number of ether oxygens (including phenoxy) is 2. The van der Waals surface area contributed by atoms with E-state index in [0.29, 0.717) is 69.3 Å². The lowest BCUT2D eigenvalue weighted by Gasteiger charge is -2.24. The summed E-state index contributed by atoms with van der Waals surface area (Å²) in [5, 5.41) is 0. The van der Waals surface area contributed by atoms with Gasteiger partial charge in [-0.3, -0.25) is 19.2 Å². The number of para-hydroxylation sites is 2. The lowest BCUT2D eigenvalue weighted by Crippen LogP contribution is -2.29. The van der Waals surface area contributed by atoms with Gasteiger partial charge in [0.05, 0.1) is 5.41 Å². The second kappa shape index (κ2) is 16.0. The third kappa shape index (κ3) is 13.4. The molecule has 0 saturated heterocycles. The molecule has 0 amide bonds. The third-order valence-corrected chi connectivity index (χ3v) is 6.96. The lowest BCUT2D eigenvalue weighted by atomic mass is 9.82. The summed E-state index contributed by atoms with van der Waals surface area (Å²) >= 11 is 0. The summed E-state index contributed by atoms with van der Waals surface area (Å²) in [5.41, 5.74) is -0.741. The number of esters is 2. The van der Waals surface area contributed by atoms with Crippen LogP contribution in [0, 0.1) is 10.8 Å². The Labute approximate surface area is 233 Å². The highest BCUT2D eigenvalue weighted by Crippen LogP contribution is 2.30. The fraction of sp³-hybridized carbons (Fsp3) is 0.515. The van der Waals surface area contributed by atoms with E-state index in [2.05, 4.69) is 13.8 Å². The van der Waals surface area contributed by atoms with E-state index < -0.39 is 5.41 Å². The van der Waals surface area contributed by atoms with Crippen LogP contribution in [-0.4, -0.2) is 23.5 Å². The van der Waals surface area contributed by atoms with Gasteiger partial charge in [-0.05, 0) is 82.1 Å². The maximum atomic E-state index is 12.5. The van der Waals surface area contributed by atoms with Crippen LogP contribution in [0.4, 0.5) is 0 Å². The van der Waals surface area contributed by atoms with Gasteiger partial charge in [0.2, 0.25) is 0 Å². The van der Waals surface area contributed by atoms with Gasteiger partial charge in [0.1, 0.15) is 23.1 Å². The van der Waals surface area contributed by atoms with E-state index in [1.54, 1.807) is 24.3 Å². The van der Waals surface area contributed by atoms with Crippen molar-refractivity contribution < 1.29 is 28.7 Å². The van der Waals surface area contributed by atoms with E-state index in [4.69, 9.17) is 9.47 Å². The zero-order valence-electron chi connectivity index (χ0n) is 24.0. The van der Waals surface area contributed by atoms with Crippen LogP contribution in [0.3, 0.4) is 0 Å². The fourth-order valence-electron chi connectivity index (χ4n) is 4.30. The van der Waals surface area contributed by atoms with Crippen LogP contribution in [0.5, 0.6) is 11.5 Å². The number of rotatable bonds is 18. The summed E-state index contributed by atoms with van der Waals surface area (Å²) in [6.45, 7) is 7.88. The molecule has 0 unspecified atom stereocenters. The van der Waals surface area contributed by atoms with E-state index >= 15 is 0 Å². The van der Waals surface area contributed by atoms with Crippen LogP contribution in [0.2, 0.25) is 0 Å². The Morgan fingerprint density at radius 1 is 0.564 bits per heavy atom. The molecule has 0 aliphatic heterocycles. The van der Waals surface area contributed by atoms with E-state index in [0.717, 1.165) is 12.8 Å². The molecule has 39 heavy (non-hydrogen) atoms. The zero-order chi connectivity index (χ0) is 28.7. The molecule has 212 valence electrons. The number of hydrogen-bond acceptors (Lipinski definition) is 6. The first-order valence-electron chi connectivity index (χ1n) is 14.0. The molecule has 6 nitrogen and oxygen atoms in total. The molecular formula is C33H44O6. The molecule has 0 spiro atoms. The summed E-state index contributed by atoms with van der Waals surface area (Å²) in [4.78, 5) is 49.2. The van der Waals surface area contributed by atoms with Crippen LogP contribution in [0.25, 0.3) is 0 Å². The van der Waals surface area contributed by atoms with E-state index in [9.17, 15) is 19.2 Å². The molecule has 0 aromatic heterocycles. The van der Waals surface area contributed by atoms with Crippen molar-refractivity contribution in [3.63, 3.8) is 0 Å². The highest BCUT2D eigenvalue weighted by atomic mass is 16.5. The van der Waals surface area contributed by atoms with Crippen LogP contribution in [0.1, 0.15) is 98.3 Å². The molecule has 0 bridgehead atoms. The number of hydrogen-bond donors (Lipinski definition) is 0. The van der Waals surface area contributed by atoms with E-state index in [-0.39, 0.29) is 28.9 Å². The molecule has 0 saturated carbocycles. The average Bonchev–Trinajstić information content (AvgIpc) is 2.88. The monoisotopic (exact) mass is 536 g/mol. The molecule has 2 aromatic carbocycles. The van der Waals surface area contributed by atoms with Crippen molar-refractivity contribution in [2.45, 2.75) is 98.3 Å². The second-order valence-electron chi connectivity index (χ2n) is 11.7. The fourth-order valence-corrected chi connectivity index (χ4v) is 4.30.